The summed E-state index contributed by atoms with van der Waals surface area (Å²) in [6.07, 6.45) is 1.33. The van der Waals surface area contributed by atoms with Crippen LogP contribution in [-0.4, -0.2) is 38.8 Å². The molecule has 0 radical (unpaired) electrons. The summed E-state index contributed by atoms with van der Waals surface area (Å²) in [4.78, 5) is 13.3. The van der Waals surface area contributed by atoms with Gasteiger partial charge in [0.25, 0.3) is 0 Å². The molecule has 1 saturated heterocycles. The maximum atomic E-state index is 13.2. The minimum Gasteiger partial charge on any atom is -0.496 e. The number of methoxy groups -OCH3 is 1. The number of piperidine rings is 1. The molecule has 0 aromatic heterocycles. The highest BCUT2D eigenvalue weighted by molar-refractivity contribution is 7.89. The normalized spacial score (nSPS) is 18.2. The van der Waals surface area contributed by atoms with E-state index in [0.29, 0.717) is 25.1 Å². The van der Waals surface area contributed by atoms with Gasteiger partial charge in [-0.05, 0) is 93.5 Å². The average Bonchev–Trinajstić information content (AvgIpc) is 2.76. The summed E-state index contributed by atoms with van der Waals surface area (Å²) in [7, 11) is -2.12. The number of nitrogens with one attached hydrogen (secondary N) is 1. The Hall–Kier alpha value is -2.38. The van der Waals surface area contributed by atoms with Crippen LogP contribution in [-0.2, 0) is 14.8 Å². The van der Waals surface area contributed by atoms with E-state index in [4.69, 9.17) is 4.74 Å². The van der Waals surface area contributed by atoms with Crippen LogP contribution in [0.15, 0.2) is 35.2 Å². The van der Waals surface area contributed by atoms with Gasteiger partial charge in [-0.3, -0.25) is 4.79 Å². The highest BCUT2D eigenvalue weighted by Crippen LogP contribution is 2.28. The summed E-state index contributed by atoms with van der Waals surface area (Å²) in [5, 5.41) is 3.11. The summed E-state index contributed by atoms with van der Waals surface area (Å²) in [5.74, 6) is 0.184. The molecule has 1 amide bonds. The first kappa shape index (κ1) is 24.3. The van der Waals surface area contributed by atoms with E-state index in [9.17, 15) is 13.2 Å². The molecule has 0 spiro atoms. The molecule has 2 atom stereocenters. The van der Waals surface area contributed by atoms with Crippen molar-refractivity contribution in [2.75, 3.05) is 20.2 Å². The molecule has 0 bridgehead atoms. The Kier molecular flexibility index (Phi) is 7.30. The number of ether oxygens (including phenoxy) is 1. The number of nitrogens with zero attached hydrogens (tertiary/aromatic N) is 1. The van der Waals surface area contributed by atoms with Gasteiger partial charge in [-0.15, -0.1) is 0 Å². The molecule has 2 aromatic rings. The van der Waals surface area contributed by atoms with Crippen LogP contribution in [0.25, 0.3) is 0 Å². The van der Waals surface area contributed by atoms with Gasteiger partial charge in [0.05, 0.1) is 24.0 Å². The molecule has 1 aliphatic heterocycles. The second-order valence-electron chi connectivity index (χ2n) is 8.86. The number of aryl methyl sites for hydroxylation is 4. The van der Waals surface area contributed by atoms with Gasteiger partial charge in [-0.25, -0.2) is 8.42 Å². The van der Waals surface area contributed by atoms with Crippen molar-refractivity contribution in [2.45, 2.75) is 58.4 Å². The summed E-state index contributed by atoms with van der Waals surface area (Å²) in [6, 6.07) is 8.98. The maximum absolute atomic E-state index is 13.2. The quantitative estimate of drug-likeness (QED) is 0.704. The first-order valence-electron chi connectivity index (χ1n) is 11.1. The Balaban J connectivity index is 1.73. The lowest BCUT2D eigenvalue weighted by atomic mass is 9.95. The van der Waals surface area contributed by atoms with E-state index in [0.717, 1.165) is 16.7 Å². The lowest BCUT2D eigenvalue weighted by Gasteiger charge is -2.32. The molecule has 0 aliphatic carbocycles. The molecule has 1 N–H and O–H groups in total. The van der Waals surface area contributed by atoms with Crippen molar-refractivity contribution in [1.29, 1.82) is 0 Å². The fraction of sp³-hybridized carbons (Fsp3) is 0.480. The zero-order valence-corrected chi connectivity index (χ0v) is 20.7. The van der Waals surface area contributed by atoms with Crippen LogP contribution in [0.2, 0.25) is 0 Å². The lowest BCUT2D eigenvalue weighted by Crippen LogP contribution is -2.45. The number of hydrogen-bond acceptors (Lipinski definition) is 4. The van der Waals surface area contributed by atoms with Crippen molar-refractivity contribution in [3.05, 3.63) is 58.1 Å². The van der Waals surface area contributed by atoms with Crippen LogP contribution in [0.3, 0.4) is 0 Å². The van der Waals surface area contributed by atoms with Gasteiger partial charge < -0.3 is 10.1 Å². The van der Waals surface area contributed by atoms with Crippen LogP contribution in [0.1, 0.15) is 53.6 Å². The van der Waals surface area contributed by atoms with E-state index >= 15 is 0 Å². The number of benzene rings is 2. The third-order valence-corrected chi connectivity index (χ3v) is 8.33. The second-order valence-corrected chi connectivity index (χ2v) is 10.8. The molecular weight excluding hydrogens is 424 g/mol. The molecule has 1 heterocycles. The molecule has 1 fully saturated rings. The Morgan fingerprint density at radius 2 is 1.75 bits per heavy atom. The van der Waals surface area contributed by atoms with Gasteiger partial charge in [0.15, 0.2) is 0 Å². The van der Waals surface area contributed by atoms with Gasteiger partial charge in [0.2, 0.25) is 15.9 Å². The third-order valence-electron chi connectivity index (χ3n) is 6.47. The van der Waals surface area contributed by atoms with Crippen LogP contribution >= 0.6 is 0 Å². The largest absolute Gasteiger partial charge is 0.496 e. The highest BCUT2D eigenvalue weighted by Gasteiger charge is 2.34. The molecule has 6 nitrogen and oxygen atoms in total. The number of sulfonamides is 1. The molecule has 1 aliphatic rings. The van der Waals surface area contributed by atoms with Crippen molar-refractivity contribution in [3.63, 3.8) is 0 Å². The van der Waals surface area contributed by atoms with Crippen molar-refractivity contribution in [1.82, 2.24) is 9.62 Å². The minimum absolute atomic E-state index is 0.0964. The maximum Gasteiger partial charge on any atom is 0.243 e. The van der Waals surface area contributed by atoms with Crippen molar-refractivity contribution >= 4 is 15.9 Å². The first-order valence-corrected chi connectivity index (χ1v) is 12.5. The van der Waals surface area contributed by atoms with Crippen molar-refractivity contribution in [3.8, 4) is 5.75 Å². The van der Waals surface area contributed by atoms with Crippen LogP contribution in [0.5, 0.6) is 5.75 Å². The molecule has 3 rings (SSSR count). The number of hydrogen-bond donors (Lipinski definition) is 1. The molecule has 174 valence electrons. The molecule has 32 heavy (non-hydrogen) atoms. The molecule has 2 aromatic carbocycles. The fourth-order valence-corrected chi connectivity index (χ4v) is 6.00. The van der Waals surface area contributed by atoms with E-state index in [1.165, 1.54) is 15.4 Å². The van der Waals surface area contributed by atoms with Crippen molar-refractivity contribution in [2.24, 2.45) is 5.92 Å². The minimum atomic E-state index is -3.68. The van der Waals surface area contributed by atoms with Crippen LogP contribution in [0.4, 0.5) is 0 Å². The average molecular weight is 459 g/mol. The predicted octanol–water partition coefficient (Wildman–Crippen LogP) is 4.21. The topological polar surface area (TPSA) is 75.7 Å². The highest BCUT2D eigenvalue weighted by atomic mass is 32.2. The van der Waals surface area contributed by atoms with E-state index < -0.39 is 10.0 Å². The fourth-order valence-electron chi connectivity index (χ4n) is 4.39. The Bertz CT molecular complexity index is 1110. The lowest BCUT2D eigenvalue weighted by molar-refractivity contribution is -0.126. The van der Waals surface area contributed by atoms with Crippen LogP contribution in [0, 0.1) is 33.6 Å². The van der Waals surface area contributed by atoms with Gasteiger partial charge in [-0.1, -0.05) is 12.1 Å². The van der Waals surface area contributed by atoms with Gasteiger partial charge in [-0.2, -0.15) is 4.31 Å². The summed E-state index contributed by atoms with van der Waals surface area (Å²) >= 11 is 0. The number of carbonyl (C=O) groups is 1. The summed E-state index contributed by atoms with van der Waals surface area (Å²) in [6.45, 7) is 10.6. The first-order chi connectivity index (χ1) is 15.0. The zero-order chi connectivity index (χ0) is 23.6. The van der Waals surface area contributed by atoms with E-state index in [1.807, 2.05) is 13.8 Å². The van der Waals surface area contributed by atoms with Gasteiger partial charge in [0.1, 0.15) is 5.75 Å². The van der Waals surface area contributed by atoms with Crippen molar-refractivity contribution < 1.29 is 17.9 Å². The number of amides is 1. The molecule has 0 unspecified atom stereocenters. The Morgan fingerprint density at radius 1 is 1.06 bits per heavy atom. The third kappa shape index (κ3) is 4.99. The molecular formula is C25H34N2O4S. The number of rotatable bonds is 6. The van der Waals surface area contributed by atoms with Gasteiger partial charge >= 0.3 is 0 Å². The predicted molar refractivity (Wildman–Crippen MR) is 126 cm³/mol. The van der Waals surface area contributed by atoms with Gasteiger partial charge in [0, 0.05) is 13.1 Å². The molecule has 0 saturated carbocycles. The Morgan fingerprint density at radius 3 is 2.41 bits per heavy atom. The summed E-state index contributed by atoms with van der Waals surface area (Å²) in [5.41, 5.74) is 5.42. The monoisotopic (exact) mass is 458 g/mol. The summed E-state index contributed by atoms with van der Waals surface area (Å²) < 4.78 is 33.1. The van der Waals surface area contributed by atoms with E-state index in [2.05, 4.69) is 38.2 Å². The number of carbonyl (C=O) groups excluding carboxylic acids is 1. The second kappa shape index (κ2) is 9.63. The standard InChI is InChI=1S/C25H34N2O4S/c1-16-12-18(3)23(14-17(16)2)20(5)26-25(28)21-8-7-11-27(15-21)32(29,30)22-9-10-24(31-6)19(4)13-22/h9-10,12-14,20-21H,7-8,11,15H2,1-6H3,(H,26,28)/t20-,21+/m1/s1. The van der Waals surface area contributed by atoms with E-state index in [-0.39, 0.29) is 29.3 Å². The smallest absolute Gasteiger partial charge is 0.243 e. The van der Waals surface area contributed by atoms with Crippen LogP contribution < -0.4 is 10.1 Å². The SMILES string of the molecule is COc1ccc(S(=O)(=O)N2CCC[C@H](C(=O)N[C@H](C)c3cc(C)c(C)cc3C)C2)cc1C. The Labute approximate surface area is 192 Å². The molecule has 7 heteroatoms. The zero-order valence-electron chi connectivity index (χ0n) is 19.9. The van der Waals surface area contributed by atoms with E-state index in [1.54, 1.807) is 25.3 Å².